The Hall–Kier alpha value is -2.58. The molecule has 0 saturated heterocycles. The highest BCUT2D eigenvalue weighted by molar-refractivity contribution is 5.65. The molecule has 0 aliphatic rings. The number of hydrogen-bond donors (Lipinski definition) is 0. The topological polar surface area (TPSA) is 43.1 Å². The maximum Gasteiger partial charge on any atom is 0.416 e. The highest BCUT2D eigenvalue weighted by Crippen LogP contribution is 2.33. The zero-order valence-electron chi connectivity index (χ0n) is 12.6. The van der Waals surface area contributed by atoms with Gasteiger partial charge in [-0.15, -0.1) is 10.2 Å². The van der Waals surface area contributed by atoms with Crippen LogP contribution in [0.4, 0.5) is 22.0 Å². The van der Waals surface area contributed by atoms with Crippen LogP contribution < -0.4 is 0 Å². The fourth-order valence-electron chi connectivity index (χ4n) is 2.33. The van der Waals surface area contributed by atoms with E-state index in [9.17, 15) is 22.0 Å². The minimum atomic E-state index is -4.45. The molecular weight excluding hydrogens is 331 g/mol. The number of rotatable bonds is 2. The van der Waals surface area contributed by atoms with E-state index < -0.39 is 23.5 Å². The van der Waals surface area contributed by atoms with E-state index in [2.05, 4.69) is 15.3 Å². The summed E-state index contributed by atoms with van der Waals surface area (Å²) >= 11 is 0. The van der Waals surface area contributed by atoms with Crippen LogP contribution in [0.1, 0.15) is 23.9 Å². The number of alkyl halides is 5. The van der Waals surface area contributed by atoms with E-state index in [1.165, 1.54) is 25.1 Å². The van der Waals surface area contributed by atoms with Crippen LogP contribution in [0.2, 0.25) is 0 Å². The van der Waals surface area contributed by atoms with Crippen molar-refractivity contribution in [1.29, 1.82) is 0 Å². The first-order chi connectivity index (χ1) is 11.1. The molecule has 9 heteroatoms. The van der Waals surface area contributed by atoms with Crippen LogP contribution in [0, 0.1) is 6.92 Å². The monoisotopic (exact) mass is 342 g/mol. The molecule has 0 N–H and O–H groups in total. The molecule has 0 aliphatic carbocycles. The molecule has 24 heavy (non-hydrogen) atoms. The molecule has 4 nitrogen and oxygen atoms in total. The van der Waals surface area contributed by atoms with Crippen molar-refractivity contribution in [3.8, 4) is 11.3 Å². The quantitative estimate of drug-likeness (QED) is 0.655. The second-order valence-electron chi connectivity index (χ2n) is 5.43. The van der Waals surface area contributed by atoms with Gasteiger partial charge in [-0.1, -0.05) is 6.07 Å². The third-order valence-electron chi connectivity index (χ3n) is 3.49. The lowest BCUT2D eigenvalue weighted by Crippen LogP contribution is -2.14. The largest absolute Gasteiger partial charge is 0.416 e. The summed E-state index contributed by atoms with van der Waals surface area (Å²) in [5, 5.41) is 11.1. The number of nitrogens with zero attached hydrogens (tertiary/aromatic N) is 4. The van der Waals surface area contributed by atoms with Gasteiger partial charge in [-0.3, -0.25) is 0 Å². The molecule has 126 valence electrons. The molecule has 0 radical (unpaired) electrons. The van der Waals surface area contributed by atoms with E-state index in [0.29, 0.717) is 18.1 Å². The van der Waals surface area contributed by atoms with Crippen molar-refractivity contribution in [1.82, 2.24) is 19.8 Å². The normalized spacial score (nSPS) is 12.8. The average Bonchev–Trinajstić information content (AvgIpc) is 2.89. The van der Waals surface area contributed by atoms with E-state index in [1.54, 1.807) is 0 Å². The number of halogens is 5. The second kappa shape index (κ2) is 5.22. The maximum atomic E-state index is 13.5. The van der Waals surface area contributed by atoms with Gasteiger partial charge in [0.25, 0.3) is 0 Å². The number of benzene rings is 1. The molecule has 0 fully saturated rings. The first-order valence-electron chi connectivity index (χ1n) is 6.86. The smallest absolute Gasteiger partial charge is 0.198 e. The second-order valence-corrected chi connectivity index (χ2v) is 5.43. The van der Waals surface area contributed by atoms with E-state index in [-0.39, 0.29) is 11.3 Å². The molecule has 0 spiro atoms. The lowest BCUT2D eigenvalue weighted by Gasteiger charge is -2.11. The summed E-state index contributed by atoms with van der Waals surface area (Å²) in [6, 6.07) is 6.11. The van der Waals surface area contributed by atoms with E-state index >= 15 is 0 Å². The van der Waals surface area contributed by atoms with Gasteiger partial charge in [-0.25, -0.2) is 0 Å². The Balaban J connectivity index is 2.13. The van der Waals surface area contributed by atoms with Gasteiger partial charge >= 0.3 is 12.1 Å². The Kier molecular flexibility index (Phi) is 3.54. The van der Waals surface area contributed by atoms with Crippen LogP contribution in [0.25, 0.3) is 16.9 Å². The number of hydrogen-bond acceptors (Lipinski definition) is 3. The van der Waals surface area contributed by atoms with Crippen LogP contribution in [0.15, 0.2) is 30.3 Å². The van der Waals surface area contributed by atoms with Gasteiger partial charge in [0.1, 0.15) is 0 Å². The lowest BCUT2D eigenvalue weighted by atomic mass is 10.0. The summed E-state index contributed by atoms with van der Waals surface area (Å²) in [6.07, 6.45) is -4.45. The Morgan fingerprint density at radius 2 is 1.67 bits per heavy atom. The van der Waals surface area contributed by atoms with Crippen LogP contribution in [-0.4, -0.2) is 19.8 Å². The molecule has 0 aliphatic heterocycles. The SMILES string of the molecule is Cc1cc(C(F)(F)F)ccc1-c1ccc2nnc(C(C)(F)F)n2n1. The fourth-order valence-corrected chi connectivity index (χ4v) is 2.33. The zero-order chi connectivity index (χ0) is 17.7. The molecule has 0 bridgehead atoms. The van der Waals surface area contributed by atoms with Gasteiger partial charge < -0.3 is 0 Å². The Morgan fingerprint density at radius 3 is 2.25 bits per heavy atom. The molecule has 3 rings (SSSR count). The third-order valence-corrected chi connectivity index (χ3v) is 3.49. The molecule has 3 aromatic rings. The summed E-state index contributed by atoms with van der Waals surface area (Å²) in [5.74, 6) is -3.89. The molecular formula is C15H11F5N4. The van der Waals surface area contributed by atoms with Gasteiger partial charge in [0.2, 0.25) is 5.82 Å². The fraction of sp³-hybridized carbons (Fsp3) is 0.267. The van der Waals surface area contributed by atoms with Gasteiger partial charge in [0, 0.05) is 12.5 Å². The van der Waals surface area contributed by atoms with Gasteiger partial charge in [-0.05, 0) is 36.8 Å². The minimum Gasteiger partial charge on any atom is -0.198 e. The highest BCUT2D eigenvalue weighted by Gasteiger charge is 2.32. The molecule has 0 atom stereocenters. The number of aryl methyl sites for hydroxylation is 1. The van der Waals surface area contributed by atoms with Gasteiger partial charge in [0.05, 0.1) is 11.3 Å². The predicted octanol–water partition coefficient (Wildman–Crippen LogP) is 4.23. The lowest BCUT2D eigenvalue weighted by molar-refractivity contribution is -0.137. The van der Waals surface area contributed by atoms with E-state index in [4.69, 9.17) is 0 Å². The average molecular weight is 342 g/mol. The summed E-state index contributed by atoms with van der Waals surface area (Å²) in [7, 11) is 0. The van der Waals surface area contributed by atoms with Crippen molar-refractivity contribution in [2.45, 2.75) is 25.9 Å². The number of aromatic nitrogens is 4. The van der Waals surface area contributed by atoms with Crippen LogP contribution in [0.5, 0.6) is 0 Å². The summed E-state index contributed by atoms with van der Waals surface area (Å²) in [5.41, 5.74) is 0.326. The zero-order valence-corrected chi connectivity index (χ0v) is 12.6. The van der Waals surface area contributed by atoms with Crippen molar-refractivity contribution in [2.24, 2.45) is 0 Å². The van der Waals surface area contributed by atoms with Crippen molar-refractivity contribution < 1.29 is 22.0 Å². The maximum absolute atomic E-state index is 13.5. The van der Waals surface area contributed by atoms with Gasteiger partial charge in [-0.2, -0.15) is 31.6 Å². The summed E-state index contributed by atoms with van der Waals surface area (Å²) < 4.78 is 66.1. The summed E-state index contributed by atoms with van der Waals surface area (Å²) in [6.45, 7) is 2.17. The Morgan fingerprint density at radius 1 is 0.958 bits per heavy atom. The first-order valence-corrected chi connectivity index (χ1v) is 6.86. The van der Waals surface area contributed by atoms with Crippen LogP contribution in [0.3, 0.4) is 0 Å². The molecule has 2 heterocycles. The minimum absolute atomic E-state index is 0.125. The Bertz CT molecular complexity index is 908. The number of fused-ring (bicyclic) bond motifs is 1. The van der Waals surface area contributed by atoms with Crippen molar-refractivity contribution in [3.05, 3.63) is 47.3 Å². The first kappa shape index (κ1) is 16.3. The van der Waals surface area contributed by atoms with Crippen molar-refractivity contribution >= 4 is 5.65 Å². The van der Waals surface area contributed by atoms with Crippen LogP contribution in [-0.2, 0) is 12.1 Å². The molecule has 2 aromatic heterocycles. The van der Waals surface area contributed by atoms with Crippen molar-refractivity contribution in [3.63, 3.8) is 0 Å². The summed E-state index contributed by atoms with van der Waals surface area (Å²) in [4.78, 5) is 0. The predicted molar refractivity (Wildman–Crippen MR) is 75.5 cm³/mol. The molecule has 1 aromatic carbocycles. The highest BCUT2D eigenvalue weighted by atomic mass is 19.4. The van der Waals surface area contributed by atoms with E-state index in [1.807, 2.05) is 0 Å². The standard InChI is InChI=1S/C15H11F5N4/c1-8-7-9(15(18,19)20)3-4-10(8)11-5-6-12-21-22-13(14(2,16)17)24(12)23-11/h3-7H,1-2H3. The molecule has 0 unspecified atom stereocenters. The van der Waals surface area contributed by atoms with Crippen molar-refractivity contribution in [2.75, 3.05) is 0 Å². The van der Waals surface area contributed by atoms with E-state index in [0.717, 1.165) is 16.6 Å². The van der Waals surface area contributed by atoms with Gasteiger partial charge in [0.15, 0.2) is 5.65 Å². The molecule has 0 saturated carbocycles. The Labute approximate surface area is 132 Å². The molecule has 0 amide bonds. The van der Waals surface area contributed by atoms with Crippen LogP contribution >= 0.6 is 0 Å². The third kappa shape index (κ3) is 2.81.